The van der Waals surface area contributed by atoms with Crippen molar-refractivity contribution >= 4 is 21.6 Å². The summed E-state index contributed by atoms with van der Waals surface area (Å²) in [5.41, 5.74) is 2.63. The topological polar surface area (TPSA) is 35.5 Å². The molecule has 0 radical (unpaired) electrons. The van der Waals surface area contributed by atoms with Crippen LogP contribution in [0, 0.1) is 11.8 Å². The minimum Gasteiger partial charge on any atom is -0.393 e. The first kappa shape index (κ1) is 16.8. The Kier molecular flexibility index (Phi) is 6.08. The molecule has 0 aromatic heterocycles. The van der Waals surface area contributed by atoms with E-state index >= 15 is 0 Å². The predicted molar refractivity (Wildman–Crippen MR) is 92.7 cm³/mol. The van der Waals surface area contributed by atoms with Crippen LogP contribution in [0.1, 0.15) is 32.8 Å². The number of hydrogen-bond acceptors (Lipinski definition) is 3. The summed E-state index contributed by atoms with van der Waals surface area (Å²) in [6.45, 7) is 10.4. The summed E-state index contributed by atoms with van der Waals surface area (Å²) in [6, 6.07) is 6.51. The second-order valence-corrected chi connectivity index (χ2v) is 7.49. The Morgan fingerprint density at radius 3 is 2.86 bits per heavy atom. The van der Waals surface area contributed by atoms with Crippen molar-refractivity contribution in [2.24, 2.45) is 11.8 Å². The number of anilines is 1. The van der Waals surface area contributed by atoms with E-state index in [1.165, 1.54) is 11.3 Å². The van der Waals surface area contributed by atoms with E-state index in [-0.39, 0.29) is 6.10 Å². The average molecular weight is 355 g/mol. The maximum atomic E-state index is 9.92. The van der Waals surface area contributed by atoms with Gasteiger partial charge in [0.1, 0.15) is 0 Å². The van der Waals surface area contributed by atoms with Crippen LogP contribution in [0.4, 0.5) is 5.69 Å². The third-order valence-electron chi connectivity index (χ3n) is 4.12. The fourth-order valence-corrected chi connectivity index (χ4v) is 3.18. The van der Waals surface area contributed by atoms with E-state index in [0.29, 0.717) is 11.8 Å². The average Bonchev–Trinajstić information content (AvgIpc) is 2.43. The number of nitrogens with zero attached hydrogens (tertiary/aromatic N) is 1. The lowest BCUT2D eigenvalue weighted by atomic mass is 9.95. The number of rotatable bonds is 5. The van der Waals surface area contributed by atoms with Gasteiger partial charge in [-0.1, -0.05) is 42.8 Å². The number of halogens is 1. The van der Waals surface area contributed by atoms with Gasteiger partial charge in [0, 0.05) is 29.8 Å². The van der Waals surface area contributed by atoms with Crippen molar-refractivity contribution in [3.63, 3.8) is 0 Å². The summed E-state index contributed by atoms with van der Waals surface area (Å²) in [7, 11) is 0. The van der Waals surface area contributed by atoms with Gasteiger partial charge >= 0.3 is 0 Å². The Hall–Kier alpha value is -0.580. The van der Waals surface area contributed by atoms with E-state index < -0.39 is 0 Å². The first-order chi connectivity index (χ1) is 9.97. The summed E-state index contributed by atoms with van der Waals surface area (Å²) in [5, 5.41) is 13.4. The van der Waals surface area contributed by atoms with Crippen molar-refractivity contribution in [1.29, 1.82) is 0 Å². The number of piperidine rings is 1. The van der Waals surface area contributed by atoms with E-state index in [0.717, 1.165) is 37.1 Å². The molecular formula is C17H27BrN2O. The Balaban J connectivity index is 2.11. The highest BCUT2D eigenvalue weighted by atomic mass is 79.9. The zero-order valence-electron chi connectivity index (χ0n) is 13.3. The standard InChI is InChI=1S/C17H27BrN2O/c1-12(2)9-19-10-14-4-5-15(18)8-16(14)20-7-6-17(21)13(3)11-20/h4-5,8,12-13,17,19,21H,6-7,9-11H2,1-3H3. The molecule has 118 valence electrons. The monoisotopic (exact) mass is 354 g/mol. The predicted octanol–water partition coefficient (Wildman–Crippen LogP) is 3.40. The second kappa shape index (κ2) is 7.61. The van der Waals surface area contributed by atoms with Crippen molar-refractivity contribution in [2.75, 3.05) is 24.5 Å². The normalized spacial score (nSPS) is 22.9. The van der Waals surface area contributed by atoms with Gasteiger partial charge in [-0.2, -0.15) is 0 Å². The Morgan fingerprint density at radius 1 is 1.43 bits per heavy atom. The quantitative estimate of drug-likeness (QED) is 0.850. The first-order valence-electron chi connectivity index (χ1n) is 7.89. The molecule has 1 aliphatic rings. The number of benzene rings is 1. The molecule has 2 atom stereocenters. The van der Waals surface area contributed by atoms with E-state index in [4.69, 9.17) is 0 Å². The molecule has 0 amide bonds. The Bertz CT molecular complexity index is 464. The lowest BCUT2D eigenvalue weighted by molar-refractivity contribution is 0.0970. The minimum atomic E-state index is -0.157. The molecule has 4 heteroatoms. The van der Waals surface area contributed by atoms with Gasteiger partial charge in [0.15, 0.2) is 0 Å². The molecule has 1 fully saturated rings. The summed E-state index contributed by atoms with van der Waals surface area (Å²) in [6.07, 6.45) is 0.697. The van der Waals surface area contributed by atoms with Gasteiger partial charge in [-0.15, -0.1) is 0 Å². The molecule has 2 rings (SSSR count). The van der Waals surface area contributed by atoms with Crippen LogP contribution in [-0.4, -0.2) is 30.8 Å². The molecule has 2 N–H and O–H groups in total. The van der Waals surface area contributed by atoms with Crippen LogP contribution in [0.2, 0.25) is 0 Å². The van der Waals surface area contributed by atoms with Gasteiger partial charge in [-0.25, -0.2) is 0 Å². The molecule has 0 saturated carbocycles. The Morgan fingerprint density at radius 2 is 2.19 bits per heavy atom. The van der Waals surface area contributed by atoms with Crippen molar-refractivity contribution in [2.45, 2.75) is 39.8 Å². The largest absolute Gasteiger partial charge is 0.393 e. The smallest absolute Gasteiger partial charge is 0.0599 e. The SMILES string of the molecule is CC(C)CNCc1ccc(Br)cc1N1CCC(O)C(C)C1. The third-order valence-corrected chi connectivity index (χ3v) is 4.61. The van der Waals surface area contributed by atoms with Crippen LogP contribution in [0.15, 0.2) is 22.7 Å². The number of hydrogen-bond donors (Lipinski definition) is 2. The van der Waals surface area contributed by atoms with E-state index in [2.05, 4.69) is 65.1 Å². The lowest BCUT2D eigenvalue weighted by Gasteiger charge is -2.37. The van der Waals surface area contributed by atoms with Crippen molar-refractivity contribution in [3.8, 4) is 0 Å². The summed E-state index contributed by atoms with van der Waals surface area (Å²) < 4.78 is 1.11. The molecule has 2 unspecified atom stereocenters. The minimum absolute atomic E-state index is 0.157. The second-order valence-electron chi connectivity index (χ2n) is 6.58. The maximum absolute atomic E-state index is 9.92. The van der Waals surface area contributed by atoms with Crippen LogP contribution in [0.3, 0.4) is 0 Å². The van der Waals surface area contributed by atoms with E-state index in [9.17, 15) is 5.11 Å². The van der Waals surface area contributed by atoms with Crippen molar-refractivity contribution < 1.29 is 5.11 Å². The van der Waals surface area contributed by atoms with Gasteiger partial charge in [-0.3, -0.25) is 0 Å². The van der Waals surface area contributed by atoms with Crippen LogP contribution >= 0.6 is 15.9 Å². The third kappa shape index (κ3) is 4.70. The highest BCUT2D eigenvalue weighted by Gasteiger charge is 2.25. The van der Waals surface area contributed by atoms with Gasteiger partial charge in [0.05, 0.1) is 6.10 Å². The summed E-state index contributed by atoms with van der Waals surface area (Å²) in [4.78, 5) is 2.41. The summed E-state index contributed by atoms with van der Waals surface area (Å²) in [5.74, 6) is 0.989. The molecule has 1 aliphatic heterocycles. The van der Waals surface area contributed by atoms with Crippen LogP contribution in [0.25, 0.3) is 0 Å². The van der Waals surface area contributed by atoms with Crippen LogP contribution in [-0.2, 0) is 6.54 Å². The molecule has 0 aliphatic carbocycles. The highest BCUT2D eigenvalue weighted by molar-refractivity contribution is 9.10. The molecule has 0 bridgehead atoms. The molecule has 1 aromatic rings. The van der Waals surface area contributed by atoms with Crippen molar-refractivity contribution in [1.82, 2.24) is 5.32 Å². The van der Waals surface area contributed by atoms with Gasteiger partial charge in [0.2, 0.25) is 0 Å². The van der Waals surface area contributed by atoms with E-state index in [1.54, 1.807) is 0 Å². The molecule has 0 spiro atoms. The zero-order chi connectivity index (χ0) is 15.4. The van der Waals surface area contributed by atoms with Crippen LogP contribution < -0.4 is 10.2 Å². The highest BCUT2D eigenvalue weighted by Crippen LogP contribution is 2.29. The van der Waals surface area contributed by atoms with Crippen molar-refractivity contribution in [3.05, 3.63) is 28.2 Å². The Labute approximate surface area is 136 Å². The van der Waals surface area contributed by atoms with Gasteiger partial charge in [-0.05, 0) is 42.5 Å². The van der Waals surface area contributed by atoms with Gasteiger partial charge < -0.3 is 15.3 Å². The fourth-order valence-electron chi connectivity index (χ4n) is 2.83. The number of aliphatic hydroxyl groups is 1. The number of nitrogens with one attached hydrogen (secondary N) is 1. The van der Waals surface area contributed by atoms with Gasteiger partial charge in [0.25, 0.3) is 0 Å². The summed E-state index contributed by atoms with van der Waals surface area (Å²) >= 11 is 3.58. The molecular weight excluding hydrogens is 328 g/mol. The van der Waals surface area contributed by atoms with Crippen LogP contribution in [0.5, 0.6) is 0 Å². The number of aliphatic hydroxyl groups excluding tert-OH is 1. The molecule has 21 heavy (non-hydrogen) atoms. The molecule has 1 aromatic carbocycles. The first-order valence-corrected chi connectivity index (χ1v) is 8.69. The molecule has 1 heterocycles. The van der Waals surface area contributed by atoms with E-state index in [1.807, 2.05) is 0 Å². The zero-order valence-corrected chi connectivity index (χ0v) is 14.9. The lowest BCUT2D eigenvalue weighted by Crippen LogP contribution is -2.42. The molecule has 1 saturated heterocycles. The molecule has 3 nitrogen and oxygen atoms in total. The maximum Gasteiger partial charge on any atom is 0.0599 e. The fraction of sp³-hybridized carbons (Fsp3) is 0.647.